The van der Waals surface area contributed by atoms with Crippen molar-refractivity contribution in [1.29, 1.82) is 0 Å². The van der Waals surface area contributed by atoms with Crippen LogP contribution in [0.1, 0.15) is 52.9 Å². The highest BCUT2D eigenvalue weighted by Gasteiger charge is 2.21. The molecule has 0 aromatic carbocycles. The van der Waals surface area contributed by atoms with Gasteiger partial charge in [-0.1, -0.05) is 18.6 Å². The average molecular weight is 214 g/mol. The third-order valence-corrected chi connectivity index (χ3v) is 2.86. The zero-order chi connectivity index (χ0) is 11.7. The standard InChI is InChI=1S/C13H26O2/c1-12(2)7-4-5-8-13(3,11-15)9-6-10-14/h7,14-15H,4-6,8-11H2,1-3H3. The Morgan fingerprint density at radius 1 is 1.13 bits per heavy atom. The molecule has 2 N–H and O–H groups in total. The average Bonchev–Trinajstić information content (AvgIpc) is 2.21. The van der Waals surface area contributed by atoms with E-state index in [9.17, 15) is 5.11 Å². The number of rotatable bonds is 8. The third kappa shape index (κ3) is 7.57. The van der Waals surface area contributed by atoms with Crippen LogP contribution in [0.5, 0.6) is 0 Å². The van der Waals surface area contributed by atoms with Crippen LogP contribution in [0.3, 0.4) is 0 Å². The molecule has 1 unspecified atom stereocenters. The van der Waals surface area contributed by atoms with Crippen LogP contribution in [-0.4, -0.2) is 23.4 Å². The topological polar surface area (TPSA) is 40.5 Å². The van der Waals surface area contributed by atoms with E-state index in [0.29, 0.717) is 0 Å². The number of hydrogen-bond donors (Lipinski definition) is 2. The Hall–Kier alpha value is -0.340. The first-order valence-electron chi connectivity index (χ1n) is 5.89. The Morgan fingerprint density at radius 2 is 1.73 bits per heavy atom. The lowest BCUT2D eigenvalue weighted by Gasteiger charge is -2.26. The molecule has 0 fully saturated rings. The van der Waals surface area contributed by atoms with E-state index < -0.39 is 0 Å². The molecule has 0 radical (unpaired) electrons. The summed E-state index contributed by atoms with van der Waals surface area (Å²) in [4.78, 5) is 0. The van der Waals surface area contributed by atoms with Crippen molar-refractivity contribution in [3.63, 3.8) is 0 Å². The highest BCUT2D eigenvalue weighted by molar-refractivity contribution is 4.92. The Labute approximate surface area is 94.0 Å². The van der Waals surface area contributed by atoms with Crippen LogP contribution in [-0.2, 0) is 0 Å². The molecule has 2 heteroatoms. The SMILES string of the molecule is CC(C)=CCCCC(C)(CO)CCCO. The summed E-state index contributed by atoms with van der Waals surface area (Å²) in [6, 6.07) is 0. The fourth-order valence-electron chi connectivity index (χ4n) is 1.71. The maximum Gasteiger partial charge on any atom is 0.0484 e. The molecule has 15 heavy (non-hydrogen) atoms. The molecule has 2 nitrogen and oxygen atoms in total. The van der Waals surface area contributed by atoms with Gasteiger partial charge in [-0.05, 0) is 51.4 Å². The first-order valence-corrected chi connectivity index (χ1v) is 5.89. The number of aliphatic hydroxyl groups is 2. The Morgan fingerprint density at radius 3 is 2.20 bits per heavy atom. The quantitative estimate of drug-likeness (QED) is 0.482. The van der Waals surface area contributed by atoms with Crippen molar-refractivity contribution < 1.29 is 10.2 Å². The molecule has 0 saturated carbocycles. The first-order chi connectivity index (χ1) is 7.04. The first kappa shape index (κ1) is 14.7. The van der Waals surface area contributed by atoms with Gasteiger partial charge in [-0.15, -0.1) is 0 Å². The van der Waals surface area contributed by atoms with Crippen LogP contribution < -0.4 is 0 Å². The molecule has 0 aliphatic heterocycles. The van der Waals surface area contributed by atoms with Crippen LogP contribution >= 0.6 is 0 Å². The second-order valence-corrected chi connectivity index (χ2v) is 4.97. The van der Waals surface area contributed by atoms with Crippen molar-refractivity contribution in [1.82, 2.24) is 0 Å². The molecule has 0 heterocycles. The minimum absolute atomic E-state index is 0.00177. The van der Waals surface area contributed by atoms with Crippen molar-refractivity contribution in [3.8, 4) is 0 Å². The monoisotopic (exact) mass is 214 g/mol. The zero-order valence-electron chi connectivity index (χ0n) is 10.4. The number of unbranched alkanes of at least 4 members (excludes halogenated alkanes) is 1. The zero-order valence-corrected chi connectivity index (χ0v) is 10.4. The lowest BCUT2D eigenvalue weighted by molar-refractivity contribution is 0.110. The highest BCUT2D eigenvalue weighted by atomic mass is 16.3. The van der Waals surface area contributed by atoms with E-state index in [0.717, 1.165) is 32.1 Å². The van der Waals surface area contributed by atoms with E-state index in [1.54, 1.807) is 0 Å². The Kier molecular flexibility index (Phi) is 7.71. The van der Waals surface area contributed by atoms with Crippen LogP contribution in [0.2, 0.25) is 0 Å². The summed E-state index contributed by atoms with van der Waals surface area (Å²) < 4.78 is 0. The fourth-order valence-corrected chi connectivity index (χ4v) is 1.71. The summed E-state index contributed by atoms with van der Waals surface area (Å²) >= 11 is 0. The van der Waals surface area contributed by atoms with Crippen LogP contribution in [0.15, 0.2) is 11.6 Å². The summed E-state index contributed by atoms with van der Waals surface area (Å²) in [5, 5.41) is 18.1. The second kappa shape index (κ2) is 7.89. The molecule has 0 rings (SSSR count). The minimum atomic E-state index is -0.00177. The van der Waals surface area contributed by atoms with Gasteiger partial charge in [-0.25, -0.2) is 0 Å². The van der Waals surface area contributed by atoms with Gasteiger partial charge in [-0.2, -0.15) is 0 Å². The van der Waals surface area contributed by atoms with Gasteiger partial charge in [0.15, 0.2) is 0 Å². The fraction of sp³-hybridized carbons (Fsp3) is 0.846. The molecule has 1 atom stereocenters. The van der Waals surface area contributed by atoms with Crippen LogP contribution in [0, 0.1) is 5.41 Å². The highest BCUT2D eigenvalue weighted by Crippen LogP contribution is 2.29. The van der Waals surface area contributed by atoms with Crippen molar-refractivity contribution in [3.05, 3.63) is 11.6 Å². The Balaban J connectivity index is 3.82. The molecule has 0 bridgehead atoms. The smallest absolute Gasteiger partial charge is 0.0484 e. The summed E-state index contributed by atoms with van der Waals surface area (Å²) in [6.45, 7) is 6.77. The number of aliphatic hydroxyl groups excluding tert-OH is 2. The lowest BCUT2D eigenvalue weighted by Crippen LogP contribution is -2.21. The van der Waals surface area contributed by atoms with Gasteiger partial charge in [0.2, 0.25) is 0 Å². The van der Waals surface area contributed by atoms with Crippen molar-refractivity contribution in [2.75, 3.05) is 13.2 Å². The van der Waals surface area contributed by atoms with Gasteiger partial charge in [-0.3, -0.25) is 0 Å². The predicted octanol–water partition coefficient (Wildman–Crippen LogP) is 2.89. The number of hydrogen-bond acceptors (Lipinski definition) is 2. The van der Waals surface area contributed by atoms with E-state index in [2.05, 4.69) is 26.8 Å². The third-order valence-electron chi connectivity index (χ3n) is 2.86. The molecule has 0 aromatic heterocycles. The Bertz CT molecular complexity index is 183. The molecular weight excluding hydrogens is 188 g/mol. The lowest BCUT2D eigenvalue weighted by atomic mass is 9.81. The molecule has 0 aliphatic rings. The van der Waals surface area contributed by atoms with Crippen molar-refractivity contribution >= 4 is 0 Å². The summed E-state index contributed by atoms with van der Waals surface area (Å²) in [6.07, 6.45) is 7.19. The summed E-state index contributed by atoms with van der Waals surface area (Å²) in [7, 11) is 0. The number of allylic oxidation sites excluding steroid dienone is 2. The molecule has 0 saturated heterocycles. The van der Waals surface area contributed by atoms with E-state index in [4.69, 9.17) is 5.11 Å². The second-order valence-electron chi connectivity index (χ2n) is 4.97. The van der Waals surface area contributed by atoms with Crippen LogP contribution in [0.4, 0.5) is 0 Å². The van der Waals surface area contributed by atoms with Crippen LogP contribution in [0.25, 0.3) is 0 Å². The minimum Gasteiger partial charge on any atom is -0.396 e. The summed E-state index contributed by atoms with van der Waals surface area (Å²) in [5.41, 5.74) is 1.36. The van der Waals surface area contributed by atoms with E-state index in [1.165, 1.54) is 5.57 Å². The van der Waals surface area contributed by atoms with Crippen molar-refractivity contribution in [2.45, 2.75) is 52.9 Å². The van der Waals surface area contributed by atoms with Gasteiger partial charge in [0.1, 0.15) is 0 Å². The van der Waals surface area contributed by atoms with Gasteiger partial charge in [0, 0.05) is 13.2 Å². The molecule has 90 valence electrons. The largest absolute Gasteiger partial charge is 0.396 e. The van der Waals surface area contributed by atoms with Gasteiger partial charge < -0.3 is 10.2 Å². The van der Waals surface area contributed by atoms with E-state index >= 15 is 0 Å². The molecule has 0 amide bonds. The van der Waals surface area contributed by atoms with E-state index in [1.807, 2.05) is 0 Å². The maximum absolute atomic E-state index is 9.32. The maximum atomic E-state index is 9.32. The molecule has 0 spiro atoms. The van der Waals surface area contributed by atoms with Gasteiger partial charge >= 0.3 is 0 Å². The molecular formula is C13H26O2. The molecule has 0 aromatic rings. The predicted molar refractivity (Wildman–Crippen MR) is 64.8 cm³/mol. The normalized spacial score (nSPS) is 14.7. The summed E-state index contributed by atoms with van der Waals surface area (Å²) in [5.74, 6) is 0. The van der Waals surface area contributed by atoms with E-state index in [-0.39, 0.29) is 18.6 Å². The van der Waals surface area contributed by atoms with Gasteiger partial charge in [0.25, 0.3) is 0 Å². The molecule has 0 aliphatic carbocycles. The van der Waals surface area contributed by atoms with Gasteiger partial charge in [0.05, 0.1) is 0 Å². The van der Waals surface area contributed by atoms with Crippen molar-refractivity contribution in [2.24, 2.45) is 5.41 Å².